The van der Waals surface area contributed by atoms with Crippen molar-refractivity contribution in [2.24, 2.45) is 5.73 Å². The molecule has 1 aromatic carbocycles. The molecule has 1 aliphatic heterocycles. The van der Waals surface area contributed by atoms with Crippen LogP contribution in [-0.2, 0) is 13.0 Å². The van der Waals surface area contributed by atoms with Gasteiger partial charge in [-0.25, -0.2) is 0 Å². The molecule has 0 spiro atoms. The Kier molecular flexibility index (Phi) is 5.89. The highest BCUT2D eigenvalue weighted by Crippen LogP contribution is 2.35. The number of hydrogen-bond acceptors (Lipinski definition) is 5. The number of carbonyl (C=O) groups is 1. The zero-order chi connectivity index (χ0) is 20.3. The van der Waals surface area contributed by atoms with Gasteiger partial charge in [-0.05, 0) is 62.9 Å². The molecule has 0 fully saturated rings. The van der Waals surface area contributed by atoms with Crippen molar-refractivity contribution in [2.45, 2.75) is 45.2 Å². The summed E-state index contributed by atoms with van der Waals surface area (Å²) in [4.78, 5) is 19.2. The average Bonchev–Trinajstić information content (AvgIpc) is 2.99. The predicted molar refractivity (Wildman–Crippen MR) is 109 cm³/mol. The van der Waals surface area contributed by atoms with Crippen LogP contribution in [0.15, 0.2) is 30.3 Å². The van der Waals surface area contributed by atoms with Crippen LogP contribution in [0.5, 0.6) is 11.5 Å². The maximum Gasteiger partial charge on any atom is 0.254 e. The topological polar surface area (TPSA) is 77.7 Å². The zero-order valence-corrected chi connectivity index (χ0v) is 17.1. The SMILES string of the molecule is COc1cc2c(cc1OC)C(=O)N(CCC(C)(N)CCc1cccc(C)n1)C2. The fourth-order valence-electron chi connectivity index (χ4n) is 3.55. The highest BCUT2D eigenvalue weighted by atomic mass is 16.5. The minimum Gasteiger partial charge on any atom is -0.493 e. The maximum atomic E-state index is 12.8. The molecule has 1 aliphatic rings. The lowest BCUT2D eigenvalue weighted by Gasteiger charge is -2.27. The number of fused-ring (bicyclic) bond motifs is 1. The van der Waals surface area contributed by atoms with Gasteiger partial charge in [-0.1, -0.05) is 6.07 Å². The third kappa shape index (κ3) is 4.44. The number of nitrogens with zero attached hydrogens (tertiary/aromatic N) is 2. The van der Waals surface area contributed by atoms with E-state index in [0.717, 1.165) is 36.2 Å². The van der Waals surface area contributed by atoms with Crippen LogP contribution in [0.25, 0.3) is 0 Å². The molecule has 1 amide bonds. The average molecular weight is 383 g/mol. The van der Waals surface area contributed by atoms with Gasteiger partial charge in [-0.15, -0.1) is 0 Å². The fraction of sp³-hybridized carbons (Fsp3) is 0.455. The fourth-order valence-corrected chi connectivity index (χ4v) is 3.55. The quantitative estimate of drug-likeness (QED) is 0.758. The molecule has 0 bridgehead atoms. The molecule has 0 saturated heterocycles. The number of pyridine rings is 1. The van der Waals surface area contributed by atoms with Crippen LogP contribution in [0, 0.1) is 6.92 Å². The molecular formula is C22H29N3O3. The number of benzene rings is 1. The molecule has 1 unspecified atom stereocenters. The molecule has 28 heavy (non-hydrogen) atoms. The smallest absolute Gasteiger partial charge is 0.254 e. The van der Waals surface area contributed by atoms with E-state index in [2.05, 4.69) is 4.98 Å². The monoisotopic (exact) mass is 383 g/mol. The summed E-state index contributed by atoms with van der Waals surface area (Å²) in [6, 6.07) is 9.70. The molecule has 6 heteroatoms. The first kappa shape index (κ1) is 20.1. The van der Waals surface area contributed by atoms with Crippen molar-refractivity contribution in [1.29, 1.82) is 0 Å². The minimum absolute atomic E-state index is 0.0205. The standard InChI is InChI=1S/C22H29N3O3/c1-15-6-5-7-17(24-15)8-9-22(2,23)10-11-25-14-16-12-19(27-3)20(28-4)13-18(16)21(25)26/h5-7,12-13H,8-11,14,23H2,1-4H3. The second-order valence-electron chi connectivity index (χ2n) is 7.77. The predicted octanol–water partition coefficient (Wildman–Crippen LogP) is 3.10. The van der Waals surface area contributed by atoms with E-state index in [0.29, 0.717) is 30.2 Å². The van der Waals surface area contributed by atoms with Crippen molar-refractivity contribution in [1.82, 2.24) is 9.88 Å². The van der Waals surface area contributed by atoms with E-state index in [9.17, 15) is 4.79 Å². The molecule has 1 atom stereocenters. The van der Waals surface area contributed by atoms with Crippen molar-refractivity contribution in [2.75, 3.05) is 20.8 Å². The minimum atomic E-state index is -0.365. The Morgan fingerprint density at radius 2 is 1.89 bits per heavy atom. The van der Waals surface area contributed by atoms with Crippen LogP contribution in [-0.4, -0.2) is 42.1 Å². The number of nitrogens with two attached hydrogens (primary N) is 1. The molecule has 2 heterocycles. The zero-order valence-electron chi connectivity index (χ0n) is 17.1. The van der Waals surface area contributed by atoms with E-state index >= 15 is 0 Å². The first-order valence-corrected chi connectivity index (χ1v) is 9.58. The number of rotatable bonds is 8. The van der Waals surface area contributed by atoms with Gasteiger partial charge in [0.15, 0.2) is 11.5 Å². The molecule has 2 N–H and O–H groups in total. The molecule has 0 radical (unpaired) electrons. The number of ether oxygens (including phenoxy) is 2. The largest absolute Gasteiger partial charge is 0.493 e. The van der Waals surface area contributed by atoms with E-state index in [4.69, 9.17) is 15.2 Å². The van der Waals surface area contributed by atoms with E-state index in [1.807, 2.05) is 43.0 Å². The Labute approximate surface area is 166 Å². The second kappa shape index (κ2) is 8.19. The van der Waals surface area contributed by atoms with Gasteiger partial charge in [-0.2, -0.15) is 0 Å². The van der Waals surface area contributed by atoms with Crippen molar-refractivity contribution in [3.63, 3.8) is 0 Å². The van der Waals surface area contributed by atoms with Crippen LogP contribution < -0.4 is 15.2 Å². The summed E-state index contributed by atoms with van der Waals surface area (Å²) in [5, 5.41) is 0. The molecular weight excluding hydrogens is 354 g/mol. The van der Waals surface area contributed by atoms with Gasteiger partial charge in [0, 0.05) is 35.6 Å². The van der Waals surface area contributed by atoms with Gasteiger partial charge in [0.2, 0.25) is 0 Å². The van der Waals surface area contributed by atoms with Crippen LogP contribution in [0.1, 0.15) is 47.1 Å². The van der Waals surface area contributed by atoms with Crippen LogP contribution in [0.2, 0.25) is 0 Å². The Morgan fingerprint density at radius 3 is 2.57 bits per heavy atom. The Bertz CT molecular complexity index is 864. The number of methoxy groups -OCH3 is 2. The molecule has 6 nitrogen and oxygen atoms in total. The summed E-state index contributed by atoms with van der Waals surface area (Å²) in [7, 11) is 3.17. The lowest BCUT2D eigenvalue weighted by molar-refractivity contribution is 0.0766. The number of carbonyl (C=O) groups excluding carboxylic acids is 1. The highest BCUT2D eigenvalue weighted by molar-refractivity contribution is 5.99. The second-order valence-corrected chi connectivity index (χ2v) is 7.77. The van der Waals surface area contributed by atoms with Gasteiger partial charge < -0.3 is 20.1 Å². The van der Waals surface area contributed by atoms with Gasteiger partial charge >= 0.3 is 0 Å². The first-order valence-electron chi connectivity index (χ1n) is 9.58. The van der Waals surface area contributed by atoms with Gasteiger partial charge in [0.05, 0.1) is 14.2 Å². The van der Waals surface area contributed by atoms with Crippen molar-refractivity contribution < 1.29 is 14.3 Å². The summed E-state index contributed by atoms with van der Waals surface area (Å²) in [5.74, 6) is 1.24. The third-order valence-corrected chi connectivity index (χ3v) is 5.34. The molecule has 0 saturated carbocycles. The maximum absolute atomic E-state index is 12.8. The van der Waals surface area contributed by atoms with Crippen LogP contribution >= 0.6 is 0 Å². The Balaban J connectivity index is 1.60. The number of hydrogen-bond donors (Lipinski definition) is 1. The molecule has 150 valence electrons. The summed E-state index contributed by atoms with van der Waals surface area (Å²) < 4.78 is 10.7. The Morgan fingerprint density at radius 1 is 1.18 bits per heavy atom. The van der Waals surface area contributed by atoms with E-state index in [1.54, 1.807) is 20.3 Å². The van der Waals surface area contributed by atoms with Crippen molar-refractivity contribution in [3.8, 4) is 11.5 Å². The molecule has 0 aliphatic carbocycles. The molecule has 1 aromatic heterocycles. The summed E-state index contributed by atoms with van der Waals surface area (Å²) in [6.45, 7) is 5.23. The van der Waals surface area contributed by atoms with Crippen LogP contribution in [0.4, 0.5) is 0 Å². The normalized spacial score (nSPS) is 15.3. The van der Waals surface area contributed by atoms with Gasteiger partial charge in [0.1, 0.15) is 0 Å². The summed E-state index contributed by atoms with van der Waals surface area (Å²) >= 11 is 0. The van der Waals surface area contributed by atoms with Crippen molar-refractivity contribution in [3.05, 3.63) is 52.8 Å². The Hall–Kier alpha value is -2.60. The number of aryl methyl sites for hydroxylation is 2. The first-order chi connectivity index (χ1) is 13.3. The van der Waals surface area contributed by atoms with Crippen molar-refractivity contribution >= 4 is 5.91 Å². The van der Waals surface area contributed by atoms with E-state index in [-0.39, 0.29) is 11.4 Å². The molecule has 2 aromatic rings. The molecule has 3 rings (SSSR count). The third-order valence-electron chi connectivity index (χ3n) is 5.34. The summed E-state index contributed by atoms with van der Waals surface area (Å²) in [6.07, 6.45) is 2.38. The lowest BCUT2D eigenvalue weighted by Crippen LogP contribution is -2.41. The van der Waals surface area contributed by atoms with E-state index in [1.165, 1.54) is 0 Å². The lowest BCUT2D eigenvalue weighted by atomic mass is 9.92. The number of aromatic nitrogens is 1. The number of amides is 1. The van der Waals surface area contributed by atoms with Gasteiger partial charge in [0.25, 0.3) is 5.91 Å². The van der Waals surface area contributed by atoms with E-state index < -0.39 is 0 Å². The summed E-state index contributed by atoms with van der Waals surface area (Å²) in [5.41, 5.74) is 9.87. The van der Waals surface area contributed by atoms with Crippen LogP contribution in [0.3, 0.4) is 0 Å². The van der Waals surface area contributed by atoms with Gasteiger partial charge in [-0.3, -0.25) is 9.78 Å². The highest BCUT2D eigenvalue weighted by Gasteiger charge is 2.30.